The molecule has 92 valence electrons. The molecule has 1 aromatic rings. The summed E-state index contributed by atoms with van der Waals surface area (Å²) in [5.41, 5.74) is -0.554. The van der Waals surface area contributed by atoms with Crippen molar-refractivity contribution in [3.05, 3.63) is 34.1 Å². The van der Waals surface area contributed by atoms with E-state index in [9.17, 15) is 14.5 Å². The van der Waals surface area contributed by atoms with Crippen LogP contribution in [0.15, 0.2) is 18.2 Å². The van der Waals surface area contributed by atoms with Gasteiger partial charge in [-0.25, -0.2) is 0 Å². The Kier molecular flexibility index (Phi) is 3.53. The number of hydrogen-bond acceptors (Lipinski definition) is 4. The van der Waals surface area contributed by atoms with Gasteiger partial charge in [0.1, 0.15) is 5.75 Å². The molecule has 6 heteroatoms. The van der Waals surface area contributed by atoms with E-state index < -0.39 is 16.4 Å². The summed E-state index contributed by atoms with van der Waals surface area (Å²) < 4.78 is 24.0. The summed E-state index contributed by atoms with van der Waals surface area (Å²) >= 11 is 0. The molecule has 0 aromatic heterocycles. The van der Waals surface area contributed by atoms with Crippen LogP contribution in [-0.4, -0.2) is 17.8 Å². The second kappa shape index (κ2) is 5.09. The number of ether oxygens (including phenoxy) is 2. The van der Waals surface area contributed by atoms with E-state index in [1.165, 1.54) is 6.07 Å². The third-order valence-corrected chi connectivity index (χ3v) is 2.52. The molecule has 0 amide bonds. The first-order valence-electron chi connectivity index (χ1n) is 5.39. The summed E-state index contributed by atoms with van der Waals surface area (Å²) in [6.45, 7) is 0.625. The van der Waals surface area contributed by atoms with Crippen LogP contribution in [0, 0.1) is 15.9 Å². The first-order valence-corrected chi connectivity index (χ1v) is 5.39. The van der Waals surface area contributed by atoms with Crippen LogP contribution < -0.4 is 4.74 Å². The molecule has 1 aliphatic rings. The summed E-state index contributed by atoms with van der Waals surface area (Å²) in [4.78, 5) is 9.66. The Morgan fingerprint density at radius 3 is 2.88 bits per heavy atom. The topological polar surface area (TPSA) is 61.6 Å². The number of nitro benzene ring substituents is 1. The van der Waals surface area contributed by atoms with Crippen LogP contribution in [0.1, 0.15) is 19.3 Å². The van der Waals surface area contributed by atoms with E-state index in [1.54, 1.807) is 0 Å². The lowest BCUT2D eigenvalue weighted by atomic mass is 10.2. The van der Waals surface area contributed by atoms with Gasteiger partial charge >= 0.3 is 5.69 Å². The molecular formula is C11H12FNO4. The van der Waals surface area contributed by atoms with E-state index in [1.807, 2.05) is 0 Å². The quantitative estimate of drug-likeness (QED) is 0.602. The van der Waals surface area contributed by atoms with Crippen LogP contribution in [0.2, 0.25) is 0 Å². The maximum Gasteiger partial charge on any atom is 0.305 e. The number of benzene rings is 1. The van der Waals surface area contributed by atoms with Gasteiger partial charge in [-0.1, -0.05) is 0 Å². The van der Waals surface area contributed by atoms with Gasteiger partial charge in [-0.2, -0.15) is 4.39 Å². The monoisotopic (exact) mass is 241 g/mol. The van der Waals surface area contributed by atoms with Gasteiger partial charge in [-0.3, -0.25) is 10.1 Å². The molecule has 0 radical (unpaired) electrons. The molecule has 0 N–H and O–H groups in total. The average molecular weight is 241 g/mol. The van der Waals surface area contributed by atoms with Crippen LogP contribution in [0.3, 0.4) is 0 Å². The first kappa shape index (κ1) is 11.8. The minimum atomic E-state index is -0.900. The lowest BCUT2D eigenvalue weighted by molar-refractivity contribution is -0.387. The Labute approximate surface area is 97.3 Å². The van der Waals surface area contributed by atoms with Crippen molar-refractivity contribution in [3.8, 4) is 5.75 Å². The highest BCUT2D eigenvalue weighted by Gasteiger charge is 2.18. The Bertz CT molecular complexity index is 418. The molecule has 0 saturated carbocycles. The zero-order valence-electron chi connectivity index (χ0n) is 9.10. The Hall–Kier alpha value is -1.69. The molecule has 1 fully saturated rings. The van der Waals surface area contributed by atoms with Crippen molar-refractivity contribution in [2.45, 2.75) is 25.6 Å². The van der Waals surface area contributed by atoms with Crippen molar-refractivity contribution in [2.75, 3.05) is 6.61 Å². The van der Waals surface area contributed by atoms with Gasteiger partial charge in [0.05, 0.1) is 11.5 Å². The van der Waals surface area contributed by atoms with Crippen molar-refractivity contribution in [3.63, 3.8) is 0 Å². The number of rotatable bonds is 3. The fourth-order valence-corrected chi connectivity index (χ4v) is 1.66. The zero-order valence-corrected chi connectivity index (χ0v) is 9.10. The van der Waals surface area contributed by atoms with Gasteiger partial charge in [0.2, 0.25) is 5.82 Å². The third-order valence-electron chi connectivity index (χ3n) is 2.52. The van der Waals surface area contributed by atoms with Crippen LogP contribution in [0.5, 0.6) is 5.75 Å². The first-order chi connectivity index (χ1) is 8.16. The molecule has 5 nitrogen and oxygen atoms in total. The fourth-order valence-electron chi connectivity index (χ4n) is 1.66. The van der Waals surface area contributed by atoms with Gasteiger partial charge in [-0.15, -0.1) is 0 Å². The average Bonchev–Trinajstić information content (AvgIpc) is 2.30. The minimum absolute atomic E-state index is 0.250. The molecule has 0 aliphatic carbocycles. The van der Waals surface area contributed by atoms with E-state index in [-0.39, 0.29) is 12.0 Å². The predicted octanol–water partition coefficient (Wildman–Crippen LogP) is 2.64. The molecule has 1 unspecified atom stereocenters. The second-order valence-corrected chi connectivity index (χ2v) is 3.78. The highest BCUT2D eigenvalue weighted by molar-refractivity contribution is 5.37. The van der Waals surface area contributed by atoms with Crippen molar-refractivity contribution in [1.29, 1.82) is 0 Å². The third kappa shape index (κ3) is 2.91. The summed E-state index contributed by atoms with van der Waals surface area (Å²) in [6, 6.07) is 3.47. The number of nitrogens with zero attached hydrogens (tertiary/aromatic N) is 1. The van der Waals surface area contributed by atoms with Gasteiger partial charge < -0.3 is 9.47 Å². The number of hydrogen-bond donors (Lipinski definition) is 0. The van der Waals surface area contributed by atoms with E-state index in [0.717, 1.165) is 31.4 Å². The molecule has 1 atom stereocenters. The van der Waals surface area contributed by atoms with Gasteiger partial charge in [0.15, 0.2) is 6.29 Å². The van der Waals surface area contributed by atoms with Crippen LogP contribution in [-0.2, 0) is 4.74 Å². The normalized spacial score (nSPS) is 19.9. The molecular weight excluding hydrogens is 229 g/mol. The number of halogens is 1. The van der Waals surface area contributed by atoms with Crippen molar-refractivity contribution < 1.29 is 18.8 Å². The molecule has 0 spiro atoms. The smallest absolute Gasteiger partial charge is 0.305 e. The fraction of sp³-hybridized carbons (Fsp3) is 0.455. The second-order valence-electron chi connectivity index (χ2n) is 3.78. The highest BCUT2D eigenvalue weighted by Crippen LogP contribution is 2.24. The molecule has 17 heavy (non-hydrogen) atoms. The molecule has 1 saturated heterocycles. The van der Waals surface area contributed by atoms with Crippen LogP contribution in [0.25, 0.3) is 0 Å². The molecule has 1 aromatic carbocycles. The summed E-state index contributed by atoms with van der Waals surface area (Å²) in [7, 11) is 0. The largest absolute Gasteiger partial charge is 0.465 e. The molecule has 2 rings (SSSR count). The Balaban J connectivity index is 2.06. The van der Waals surface area contributed by atoms with Crippen LogP contribution in [0.4, 0.5) is 10.1 Å². The van der Waals surface area contributed by atoms with Gasteiger partial charge in [-0.05, 0) is 18.9 Å². The Morgan fingerprint density at radius 2 is 2.29 bits per heavy atom. The predicted molar refractivity (Wildman–Crippen MR) is 57.3 cm³/mol. The SMILES string of the molecule is O=[N+]([O-])c1ccc(OC2CCCCO2)cc1F. The van der Waals surface area contributed by atoms with E-state index in [2.05, 4.69) is 0 Å². The van der Waals surface area contributed by atoms with Crippen molar-refractivity contribution >= 4 is 5.69 Å². The molecule has 0 bridgehead atoms. The van der Waals surface area contributed by atoms with E-state index in [0.29, 0.717) is 6.61 Å². The number of nitro groups is 1. The lowest BCUT2D eigenvalue weighted by Crippen LogP contribution is -2.25. The van der Waals surface area contributed by atoms with E-state index in [4.69, 9.17) is 9.47 Å². The summed E-state index contributed by atoms with van der Waals surface area (Å²) in [5, 5.41) is 10.4. The highest BCUT2D eigenvalue weighted by atomic mass is 19.1. The van der Waals surface area contributed by atoms with Gasteiger partial charge in [0, 0.05) is 18.6 Å². The molecule has 1 aliphatic heterocycles. The van der Waals surface area contributed by atoms with Crippen LogP contribution >= 0.6 is 0 Å². The maximum absolute atomic E-state index is 13.3. The van der Waals surface area contributed by atoms with Crippen molar-refractivity contribution in [1.82, 2.24) is 0 Å². The zero-order chi connectivity index (χ0) is 12.3. The lowest BCUT2D eigenvalue weighted by Gasteiger charge is -2.23. The standard InChI is InChI=1S/C11H12FNO4/c12-9-7-8(4-5-10(9)13(14)15)17-11-3-1-2-6-16-11/h4-5,7,11H,1-3,6H2. The summed E-state index contributed by atoms with van der Waals surface area (Å²) in [5.74, 6) is -0.650. The minimum Gasteiger partial charge on any atom is -0.465 e. The van der Waals surface area contributed by atoms with Crippen molar-refractivity contribution in [2.24, 2.45) is 0 Å². The Morgan fingerprint density at radius 1 is 1.47 bits per heavy atom. The summed E-state index contributed by atoms with van der Waals surface area (Å²) in [6.07, 6.45) is 2.36. The maximum atomic E-state index is 13.3. The van der Waals surface area contributed by atoms with Gasteiger partial charge in [0.25, 0.3) is 0 Å². The van der Waals surface area contributed by atoms with E-state index >= 15 is 0 Å². The molecule has 1 heterocycles.